The molecule has 0 atom stereocenters. The van der Waals surface area contributed by atoms with E-state index >= 15 is 0 Å². The largest absolute Gasteiger partial charge is 0.251 e. The Labute approximate surface area is 119 Å². The lowest BCUT2D eigenvalue weighted by atomic mass is 10.2. The van der Waals surface area contributed by atoms with Crippen LogP contribution >= 0.6 is 27.3 Å². The molecule has 2 heterocycles. The van der Waals surface area contributed by atoms with Crippen LogP contribution in [0.1, 0.15) is 12.8 Å². The van der Waals surface area contributed by atoms with Gasteiger partial charge in [0, 0.05) is 10.5 Å². The van der Waals surface area contributed by atoms with Crippen LogP contribution < -0.4 is 4.72 Å². The molecular weight excluding hydrogens is 362 g/mol. The molecule has 9 heteroatoms. The van der Waals surface area contributed by atoms with E-state index in [1.54, 1.807) is 11.4 Å². The van der Waals surface area contributed by atoms with Crippen molar-refractivity contribution in [3.05, 3.63) is 15.9 Å². The zero-order valence-electron chi connectivity index (χ0n) is 9.30. The maximum Gasteiger partial charge on any atom is 0.251 e. The Morgan fingerprint density at radius 1 is 1.33 bits per heavy atom. The topological polar surface area (TPSA) is 80.3 Å². The molecule has 18 heavy (non-hydrogen) atoms. The Kier molecular flexibility index (Phi) is 4.17. The number of nitrogens with one attached hydrogen (secondary N) is 1. The molecule has 1 aromatic heterocycles. The van der Waals surface area contributed by atoms with Crippen LogP contribution in [-0.2, 0) is 19.9 Å². The van der Waals surface area contributed by atoms with Gasteiger partial charge in [-0.2, -0.15) is 0 Å². The molecule has 1 aromatic rings. The Morgan fingerprint density at radius 2 is 1.94 bits per heavy atom. The number of hydrogen-bond acceptors (Lipinski definition) is 5. The second-order valence-electron chi connectivity index (χ2n) is 4.10. The third-order valence-corrected chi connectivity index (χ3v) is 8.61. The van der Waals surface area contributed by atoms with E-state index in [0.29, 0.717) is 17.3 Å². The average Bonchev–Trinajstić information content (AvgIpc) is 2.68. The summed E-state index contributed by atoms with van der Waals surface area (Å²) in [6, 6.07) is 1.37. The highest BCUT2D eigenvalue weighted by atomic mass is 79.9. The molecule has 1 aliphatic rings. The van der Waals surface area contributed by atoms with Gasteiger partial charge in [-0.3, -0.25) is 0 Å². The molecule has 0 saturated carbocycles. The molecule has 0 amide bonds. The maximum atomic E-state index is 12.1. The molecule has 1 N–H and O–H groups in total. The van der Waals surface area contributed by atoms with Gasteiger partial charge in [-0.05, 0) is 40.2 Å². The van der Waals surface area contributed by atoms with E-state index in [-0.39, 0.29) is 21.8 Å². The molecule has 102 valence electrons. The third kappa shape index (κ3) is 3.32. The lowest BCUT2D eigenvalue weighted by Crippen LogP contribution is -2.40. The SMILES string of the molecule is O=S1(=O)CCC(NS(=O)(=O)c2sccc2Br)CC1. The van der Waals surface area contributed by atoms with Crippen molar-refractivity contribution >= 4 is 47.1 Å². The van der Waals surface area contributed by atoms with Crippen LogP contribution in [0.3, 0.4) is 0 Å². The Hall–Kier alpha value is 0.0400. The second-order valence-corrected chi connectivity index (χ2v) is 10.1. The van der Waals surface area contributed by atoms with Crippen molar-refractivity contribution in [2.24, 2.45) is 0 Å². The van der Waals surface area contributed by atoms with E-state index in [9.17, 15) is 16.8 Å². The third-order valence-electron chi connectivity index (χ3n) is 2.70. The first-order valence-corrected chi connectivity index (χ1v) is 10.2. The zero-order valence-corrected chi connectivity index (χ0v) is 13.3. The standard InChI is InChI=1S/C9H12BrNO4S3/c10-8-1-4-16-9(8)18(14,15)11-7-2-5-17(12,13)6-3-7/h1,4,7,11H,2-3,5-6H2. The van der Waals surface area contributed by atoms with E-state index in [1.807, 2.05) is 0 Å². The summed E-state index contributed by atoms with van der Waals surface area (Å²) in [4.78, 5) is 0. The summed E-state index contributed by atoms with van der Waals surface area (Å²) in [5.74, 6) is 0.0948. The minimum Gasteiger partial charge on any atom is -0.229 e. The quantitative estimate of drug-likeness (QED) is 0.867. The van der Waals surface area contributed by atoms with Crippen molar-refractivity contribution in [3.63, 3.8) is 0 Å². The van der Waals surface area contributed by atoms with Crippen LogP contribution in [0.2, 0.25) is 0 Å². The number of sulfonamides is 1. The Balaban J connectivity index is 2.09. The number of rotatable bonds is 3. The molecule has 0 spiro atoms. The van der Waals surface area contributed by atoms with Crippen LogP contribution in [0.15, 0.2) is 20.1 Å². The summed E-state index contributed by atoms with van der Waals surface area (Å²) in [5.41, 5.74) is 0. The predicted octanol–water partition coefficient (Wildman–Crippen LogP) is 1.37. The molecule has 0 radical (unpaired) electrons. The normalized spacial score (nSPS) is 20.9. The molecule has 1 aliphatic heterocycles. The van der Waals surface area contributed by atoms with Gasteiger partial charge in [-0.15, -0.1) is 11.3 Å². The Bertz CT molecular complexity index is 621. The lowest BCUT2D eigenvalue weighted by molar-refractivity contribution is 0.506. The van der Waals surface area contributed by atoms with Crippen LogP contribution in [0, 0.1) is 0 Å². The molecular formula is C9H12BrNO4S3. The molecule has 0 aliphatic carbocycles. The number of halogens is 1. The van der Waals surface area contributed by atoms with Gasteiger partial charge in [0.15, 0.2) is 0 Å². The number of hydrogen-bond donors (Lipinski definition) is 1. The first-order chi connectivity index (χ1) is 8.30. The van der Waals surface area contributed by atoms with Gasteiger partial charge in [-0.1, -0.05) is 0 Å². The fraction of sp³-hybridized carbons (Fsp3) is 0.556. The van der Waals surface area contributed by atoms with Crippen molar-refractivity contribution in [1.29, 1.82) is 0 Å². The van der Waals surface area contributed by atoms with Crippen molar-refractivity contribution in [1.82, 2.24) is 4.72 Å². The van der Waals surface area contributed by atoms with E-state index in [0.717, 1.165) is 11.3 Å². The summed E-state index contributed by atoms with van der Waals surface area (Å²) in [5, 5.41) is 1.68. The van der Waals surface area contributed by atoms with E-state index in [1.165, 1.54) is 0 Å². The number of thiophene rings is 1. The summed E-state index contributed by atoms with van der Waals surface area (Å²) < 4.78 is 50.0. The fourth-order valence-electron chi connectivity index (χ4n) is 1.75. The van der Waals surface area contributed by atoms with E-state index in [2.05, 4.69) is 20.7 Å². The van der Waals surface area contributed by atoms with Gasteiger partial charge in [-0.25, -0.2) is 21.6 Å². The van der Waals surface area contributed by atoms with E-state index < -0.39 is 19.9 Å². The maximum absolute atomic E-state index is 12.1. The number of sulfone groups is 1. The highest BCUT2D eigenvalue weighted by Crippen LogP contribution is 2.28. The van der Waals surface area contributed by atoms with Crippen LogP contribution in [0.4, 0.5) is 0 Å². The van der Waals surface area contributed by atoms with Crippen molar-refractivity contribution in [3.8, 4) is 0 Å². The predicted molar refractivity (Wildman–Crippen MR) is 74.0 cm³/mol. The highest BCUT2D eigenvalue weighted by molar-refractivity contribution is 9.10. The molecule has 0 aromatic carbocycles. The van der Waals surface area contributed by atoms with Crippen LogP contribution in [0.25, 0.3) is 0 Å². The summed E-state index contributed by atoms with van der Waals surface area (Å²) in [6.07, 6.45) is 0.676. The Morgan fingerprint density at radius 3 is 2.44 bits per heavy atom. The summed E-state index contributed by atoms with van der Waals surface area (Å²) in [6.45, 7) is 0. The van der Waals surface area contributed by atoms with Crippen molar-refractivity contribution in [2.75, 3.05) is 11.5 Å². The molecule has 0 unspecified atom stereocenters. The van der Waals surface area contributed by atoms with Crippen LogP contribution in [-0.4, -0.2) is 34.4 Å². The van der Waals surface area contributed by atoms with Gasteiger partial charge < -0.3 is 0 Å². The molecule has 1 fully saturated rings. The average molecular weight is 374 g/mol. The summed E-state index contributed by atoms with van der Waals surface area (Å²) >= 11 is 4.31. The first kappa shape index (κ1) is 14.4. The van der Waals surface area contributed by atoms with E-state index in [4.69, 9.17) is 0 Å². The second kappa shape index (κ2) is 5.20. The lowest BCUT2D eigenvalue weighted by Gasteiger charge is -2.22. The smallest absolute Gasteiger partial charge is 0.229 e. The van der Waals surface area contributed by atoms with Gasteiger partial charge in [0.05, 0.1) is 11.5 Å². The van der Waals surface area contributed by atoms with Crippen molar-refractivity contribution < 1.29 is 16.8 Å². The monoisotopic (exact) mass is 373 g/mol. The minimum atomic E-state index is -3.56. The van der Waals surface area contributed by atoms with Gasteiger partial charge >= 0.3 is 0 Å². The van der Waals surface area contributed by atoms with Gasteiger partial charge in [0.2, 0.25) is 0 Å². The minimum absolute atomic E-state index is 0.0474. The molecule has 2 rings (SSSR count). The highest BCUT2D eigenvalue weighted by Gasteiger charge is 2.28. The van der Waals surface area contributed by atoms with Crippen LogP contribution in [0.5, 0.6) is 0 Å². The first-order valence-electron chi connectivity index (χ1n) is 5.26. The zero-order chi connectivity index (χ0) is 13.4. The fourth-order valence-corrected chi connectivity index (χ4v) is 6.90. The molecule has 1 saturated heterocycles. The molecule has 0 bridgehead atoms. The van der Waals surface area contributed by atoms with Gasteiger partial charge in [0.1, 0.15) is 14.0 Å². The van der Waals surface area contributed by atoms with Gasteiger partial charge in [0.25, 0.3) is 10.0 Å². The van der Waals surface area contributed by atoms with Crippen molar-refractivity contribution in [2.45, 2.75) is 23.1 Å². The summed E-state index contributed by atoms with van der Waals surface area (Å²) in [7, 11) is -6.53. The molecule has 5 nitrogen and oxygen atoms in total.